The zero-order chi connectivity index (χ0) is 15.2. The van der Waals surface area contributed by atoms with Gasteiger partial charge in [0.15, 0.2) is 5.11 Å². The zero-order valence-electron chi connectivity index (χ0n) is 12.2. The van der Waals surface area contributed by atoms with Crippen LogP contribution in [-0.4, -0.2) is 21.4 Å². The van der Waals surface area contributed by atoms with Gasteiger partial charge in [-0.2, -0.15) is 5.10 Å². The number of hydrogen-bond acceptors (Lipinski definition) is 2. The van der Waals surface area contributed by atoms with E-state index in [1.54, 1.807) is 6.20 Å². The van der Waals surface area contributed by atoms with Crippen molar-refractivity contribution in [1.82, 2.24) is 15.1 Å². The van der Waals surface area contributed by atoms with Crippen LogP contribution in [0.4, 0.5) is 5.69 Å². The Kier molecular flexibility index (Phi) is 5.76. The van der Waals surface area contributed by atoms with Gasteiger partial charge in [-0.15, -0.1) is 0 Å². The van der Waals surface area contributed by atoms with E-state index >= 15 is 0 Å². The number of benzene rings is 1. The third-order valence-corrected chi connectivity index (χ3v) is 3.59. The van der Waals surface area contributed by atoms with Crippen molar-refractivity contribution in [3.63, 3.8) is 0 Å². The Balaban J connectivity index is 1.72. The van der Waals surface area contributed by atoms with Crippen molar-refractivity contribution in [2.45, 2.75) is 26.8 Å². The average molecular weight is 367 g/mol. The third kappa shape index (κ3) is 5.47. The molecule has 0 atom stereocenters. The SMILES string of the molecule is Cc1cc(C)cc(NC(=S)NCCCn2cc(Br)cn2)c1. The second-order valence-corrected chi connectivity index (χ2v) is 6.36. The van der Waals surface area contributed by atoms with Crippen LogP contribution in [0.1, 0.15) is 17.5 Å². The number of halogens is 1. The molecular formula is C15H19BrN4S. The normalized spacial score (nSPS) is 10.4. The topological polar surface area (TPSA) is 41.9 Å². The van der Waals surface area contributed by atoms with E-state index < -0.39 is 0 Å². The van der Waals surface area contributed by atoms with Crippen LogP contribution in [0.5, 0.6) is 0 Å². The Labute approximate surface area is 139 Å². The number of hydrogen-bond donors (Lipinski definition) is 2. The number of thiocarbonyl (C=S) groups is 1. The highest BCUT2D eigenvalue weighted by Crippen LogP contribution is 2.13. The van der Waals surface area contributed by atoms with Crippen LogP contribution in [0.25, 0.3) is 0 Å². The minimum atomic E-state index is 0.654. The Morgan fingerprint density at radius 2 is 2.00 bits per heavy atom. The molecule has 1 heterocycles. The maximum absolute atomic E-state index is 5.30. The highest BCUT2D eigenvalue weighted by Gasteiger charge is 2.00. The fourth-order valence-electron chi connectivity index (χ4n) is 2.13. The standard InChI is InChI=1S/C15H19BrN4S/c1-11-6-12(2)8-14(7-11)19-15(21)17-4-3-5-20-10-13(16)9-18-20/h6-10H,3-5H2,1-2H3,(H2,17,19,21). The number of nitrogens with one attached hydrogen (secondary N) is 2. The van der Waals surface area contributed by atoms with Gasteiger partial charge < -0.3 is 10.6 Å². The van der Waals surface area contributed by atoms with Crippen molar-refractivity contribution in [1.29, 1.82) is 0 Å². The van der Waals surface area contributed by atoms with E-state index in [2.05, 4.69) is 63.7 Å². The molecule has 6 heteroatoms. The molecule has 0 aliphatic carbocycles. The van der Waals surface area contributed by atoms with E-state index in [0.29, 0.717) is 5.11 Å². The Morgan fingerprint density at radius 3 is 2.62 bits per heavy atom. The Morgan fingerprint density at radius 1 is 1.29 bits per heavy atom. The first-order valence-electron chi connectivity index (χ1n) is 6.84. The largest absolute Gasteiger partial charge is 0.362 e. The van der Waals surface area contributed by atoms with Gasteiger partial charge in [-0.1, -0.05) is 6.07 Å². The van der Waals surface area contributed by atoms with Gasteiger partial charge in [0.2, 0.25) is 0 Å². The quantitative estimate of drug-likeness (QED) is 0.626. The first-order valence-corrected chi connectivity index (χ1v) is 8.04. The fourth-order valence-corrected chi connectivity index (χ4v) is 2.67. The first kappa shape index (κ1) is 16.0. The van der Waals surface area contributed by atoms with Crippen LogP contribution in [-0.2, 0) is 6.54 Å². The van der Waals surface area contributed by atoms with Crippen LogP contribution < -0.4 is 10.6 Å². The monoisotopic (exact) mass is 366 g/mol. The van der Waals surface area contributed by atoms with Crippen molar-refractivity contribution >= 4 is 38.9 Å². The highest BCUT2D eigenvalue weighted by molar-refractivity contribution is 9.10. The zero-order valence-corrected chi connectivity index (χ0v) is 14.6. The minimum absolute atomic E-state index is 0.654. The van der Waals surface area contributed by atoms with E-state index in [0.717, 1.165) is 29.7 Å². The summed E-state index contributed by atoms with van der Waals surface area (Å²) >= 11 is 8.69. The Hall–Kier alpha value is -1.40. The molecule has 0 radical (unpaired) electrons. The number of nitrogens with zero attached hydrogens (tertiary/aromatic N) is 2. The van der Waals surface area contributed by atoms with Gasteiger partial charge in [0.1, 0.15) is 0 Å². The molecule has 0 aliphatic rings. The van der Waals surface area contributed by atoms with Gasteiger partial charge in [-0.25, -0.2) is 0 Å². The van der Waals surface area contributed by atoms with Gasteiger partial charge in [-0.3, -0.25) is 4.68 Å². The van der Waals surface area contributed by atoms with Gasteiger partial charge in [0.05, 0.1) is 10.7 Å². The molecule has 4 nitrogen and oxygen atoms in total. The molecule has 1 aromatic heterocycles. The van der Waals surface area contributed by atoms with Crippen LogP contribution >= 0.6 is 28.1 Å². The lowest BCUT2D eigenvalue weighted by Gasteiger charge is -2.11. The summed E-state index contributed by atoms with van der Waals surface area (Å²) in [7, 11) is 0. The predicted molar refractivity (Wildman–Crippen MR) is 94.7 cm³/mol. The van der Waals surface area contributed by atoms with E-state index in [1.165, 1.54) is 11.1 Å². The van der Waals surface area contributed by atoms with Gasteiger partial charge in [-0.05, 0) is 71.7 Å². The molecule has 0 amide bonds. The molecule has 2 N–H and O–H groups in total. The van der Waals surface area contributed by atoms with Crippen LogP contribution in [0, 0.1) is 13.8 Å². The summed E-state index contributed by atoms with van der Waals surface area (Å²) in [5, 5.41) is 11.3. The molecule has 0 unspecified atom stereocenters. The number of aryl methyl sites for hydroxylation is 3. The summed E-state index contributed by atoms with van der Waals surface area (Å²) in [6.07, 6.45) is 4.72. The van der Waals surface area contributed by atoms with Gasteiger partial charge >= 0.3 is 0 Å². The number of anilines is 1. The van der Waals surface area contributed by atoms with Crippen LogP contribution in [0.15, 0.2) is 35.1 Å². The summed E-state index contributed by atoms with van der Waals surface area (Å²) in [4.78, 5) is 0. The lowest BCUT2D eigenvalue weighted by molar-refractivity contribution is 0.573. The molecule has 0 spiro atoms. The van der Waals surface area contributed by atoms with E-state index in [9.17, 15) is 0 Å². The van der Waals surface area contributed by atoms with Crippen LogP contribution in [0.3, 0.4) is 0 Å². The molecule has 0 saturated carbocycles. The summed E-state index contributed by atoms with van der Waals surface area (Å²) in [6.45, 7) is 5.84. The predicted octanol–water partition coefficient (Wildman–Crippen LogP) is 3.64. The highest BCUT2D eigenvalue weighted by atomic mass is 79.9. The average Bonchev–Trinajstić information content (AvgIpc) is 2.79. The molecule has 1 aromatic carbocycles. The molecule has 112 valence electrons. The second-order valence-electron chi connectivity index (χ2n) is 5.03. The lowest BCUT2D eigenvalue weighted by atomic mass is 10.1. The minimum Gasteiger partial charge on any atom is -0.362 e. The van der Waals surface area contributed by atoms with Crippen LogP contribution in [0.2, 0.25) is 0 Å². The van der Waals surface area contributed by atoms with Crippen molar-refractivity contribution in [2.24, 2.45) is 0 Å². The molecule has 0 saturated heterocycles. The first-order chi connectivity index (χ1) is 10.0. The van der Waals surface area contributed by atoms with E-state index in [-0.39, 0.29) is 0 Å². The molecule has 0 fully saturated rings. The summed E-state index contributed by atoms with van der Waals surface area (Å²) in [5.74, 6) is 0. The van der Waals surface area contributed by atoms with E-state index in [1.807, 2.05) is 10.9 Å². The summed E-state index contributed by atoms with van der Waals surface area (Å²) in [6, 6.07) is 6.31. The van der Waals surface area contributed by atoms with E-state index in [4.69, 9.17) is 12.2 Å². The second kappa shape index (κ2) is 7.56. The Bertz CT molecular complexity index is 604. The third-order valence-electron chi connectivity index (χ3n) is 2.93. The summed E-state index contributed by atoms with van der Waals surface area (Å²) < 4.78 is 2.91. The van der Waals surface area contributed by atoms with Gasteiger partial charge in [0.25, 0.3) is 0 Å². The molecule has 2 rings (SSSR count). The molecule has 0 bridgehead atoms. The van der Waals surface area contributed by atoms with Crippen molar-refractivity contribution in [2.75, 3.05) is 11.9 Å². The lowest BCUT2D eigenvalue weighted by Crippen LogP contribution is -2.29. The number of rotatable bonds is 5. The molecule has 0 aliphatic heterocycles. The smallest absolute Gasteiger partial charge is 0.170 e. The molecular weight excluding hydrogens is 348 g/mol. The van der Waals surface area contributed by atoms with Gasteiger partial charge in [0, 0.05) is 25.0 Å². The molecule has 21 heavy (non-hydrogen) atoms. The van der Waals surface area contributed by atoms with Crippen molar-refractivity contribution < 1.29 is 0 Å². The number of aromatic nitrogens is 2. The fraction of sp³-hybridized carbons (Fsp3) is 0.333. The molecule has 2 aromatic rings. The van der Waals surface area contributed by atoms with Crippen molar-refractivity contribution in [3.8, 4) is 0 Å². The maximum atomic E-state index is 5.30. The van der Waals surface area contributed by atoms with Crippen molar-refractivity contribution in [3.05, 3.63) is 46.2 Å². The summed E-state index contributed by atoms with van der Waals surface area (Å²) in [5.41, 5.74) is 3.48. The maximum Gasteiger partial charge on any atom is 0.170 e.